The van der Waals surface area contributed by atoms with Gasteiger partial charge in [-0.1, -0.05) is 24.3 Å². The van der Waals surface area contributed by atoms with Gasteiger partial charge >= 0.3 is 0 Å². The molecule has 0 amide bonds. The summed E-state index contributed by atoms with van der Waals surface area (Å²) in [4.78, 5) is 11.6. The number of hydrogen-bond donors (Lipinski definition) is 0. The van der Waals surface area contributed by atoms with Crippen molar-refractivity contribution in [3.8, 4) is 11.5 Å². The van der Waals surface area contributed by atoms with Crippen LogP contribution in [0.5, 0.6) is 0 Å². The van der Waals surface area contributed by atoms with Crippen molar-refractivity contribution in [2.45, 2.75) is 6.54 Å². The summed E-state index contributed by atoms with van der Waals surface area (Å²) in [6.07, 6.45) is 1.69. The van der Waals surface area contributed by atoms with E-state index >= 15 is 0 Å². The van der Waals surface area contributed by atoms with Crippen LogP contribution in [0.1, 0.15) is 5.89 Å². The summed E-state index contributed by atoms with van der Waals surface area (Å²) in [6, 6.07) is 14.5. The Labute approximate surface area is 109 Å². The van der Waals surface area contributed by atoms with Crippen molar-refractivity contribution in [3.05, 3.63) is 71.0 Å². The fourth-order valence-corrected chi connectivity index (χ4v) is 1.75. The highest BCUT2D eigenvalue weighted by molar-refractivity contribution is 5.51. The molecule has 2 heterocycles. The molecule has 0 spiro atoms. The lowest BCUT2D eigenvalue weighted by Gasteiger charge is -1.99. The lowest BCUT2D eigenvalue weighted by atomic mass is 10.2. The normalized spacial score (nSPS) is 10.5. The van der Waals surface area contributed by atoms with E-state index in [0.717, 1.165) is 5.56 Å². The van der Waals surface area contributed by atoms with E-state index in [0.29, 0.717) is 11.8 Å². The Morgan fingerprint density at radius 2 is 1.79 bits per heavy atom. The van der Waals surface area contributed by atoms with Crippen LogP contribution >= 0.6 is 0 Å². The van der Waals surface area contributed by atoms with Crippen molar-refractivity contribution < 1.29 is 4.42 Å². The summed E-state index contributed by atoms with van der Waals surface area (Å²) in [5, 5.41) is 7.93. The van der Waals surface area contributed by atoms with E-state index in [9.17, 15) is 4.79 Å². The minimum Gasteiger partial charge on any atom is -0.419 e. The predicted molar refractivity (Wildman–Crippen MR) is 69.5 cm³/mol. The second-order valence-corrected chi connectivity index (χ2v) is 4.03. The fourth-order valence-electron chi connectivity index (χ4n) is 1.75. The zero-order chi connectivity index (χ0) is 13.1. The molecule has 0 aliphatic carbocycles. The SMILES string of the molecule is O=c1ccccn1Cc1nnc(-c2ccccc2)o1. The molecule has 1 aromatic carbocycles. The summed E-state index contributed by atoms with van der Waals surface area (Å²) in [7, 11) is 0. The van der Waals surface area contributed by atoms with Gasteiger partial charge in [0.1, 0.15) is 6.54 Å². The maximum atomic E-state index is 11.6. The monoisotopic (exact) mass is 253 g/mol. The number of nitrogens with zero attached hydrogens (tertiary/aromatic N) is 3. The van der Waals surface area contributed by atoms with Gasteiger partial charge in [-0.3, -0.25) is 4.79 Å². The van der Waals surface area contributed by atoms with Gasteiger partial charge in [0.2, 0.25) is 11.8 Å². The summed E-state index contributed by atoms with van der Waals surface area (Å²) >= 11 is 0. The van der Waals surface area contributed by atoms with Crippen LogP contribution in [-0.2, 0) is 6.54 Å². The van der Waals surface area contributed by atoms with Crippen LogP contribution in [0.2, 0.25) is 0 Å². The lowest BCUT2D eigenvalue weighted by molar-refractivity contribution is 0.484. The highest BCUT2D eigenvalue weighted by atomic mass is 16.4. The topological polar surface area (TPSA) is 60.9 Å². The van der Waals surface area contributed by atoms with Crippen molar-refractivity contribution in [2.75, 3.05) is 0 Å². The fraction of sp³-hybridized carbons (Fsp3) is 0.0714. The molecule has 0 saturated carbocycles. The Balaban J connectivity index is 1.87. The molecule has 19 heavy (non-hydrogen) atoms. The van der Waals surface area contributed by atoms with Crippen LogP contribution in [0.25, 0.3) is 11.5 Å². The molecule has 5 heteroatoms. The van der Waals surface area contributed by atoms with Crippen molar-refractivity contribution in [1.82, 2.24) is 14.8 Å². The first kappa shape index (κ1) is 11.4. The molecule has 0 aliphatic heterocycles. The molecule has 0 aliphatic rings. The molecule has 0 saturated heterocycles. The quantitative estimate of drug-likeness (QED) is 0.715. The molecule has 0 unspecified atom stereocenters. The molecule has 0 bridgehead atoms. The van der Waals surface area contributed by atoms with Gasteiger partial charge in [-0.2, -0.15) is 0 Å². The van der Waals surface area contributed by atoms with Gasteiger partial charge in [-0.05, 0) is 18.2 Å². The molecular weight excluding hydrogens is 242 g/mol. The average Bonchev–Trinajstić information content (AvgIpc) is 2.91. The van der Waals surface area contributed by atoms with Crippen LogP contribution in [0.15, 0.2) is 63.9 Å². The average molecular weight is 253 g/mol. The zero-order valence-corrected chi connectivity index (χ0v) is 10.1. The highest BCUT2D eigenvalue weighted by Crippen LogP contribution is 2.16. The number of rotatable bonds is 3. The smallest absolute Gasteiger partial charge is 0.250 e. The maximum Gasteiger partial charge on any atom is 0.250 e. The molecule has 3 aromatic rings. The largest absolute Gasteiger partial charge is 0.419 e. The molecule has 0 fully saturated rings. The van der Waals surface area contributed by atoms with Crippen molar-refractivity contribution >= 4 is 0 Å². The van der Waals surface area contributed by atoms with Crippen LogP contribution in [0, 0.1) is 0 Å². The van der Waals surface area contributed by atoms with E-state index in [1.807, 2.05) is 30.3 Å². The maximum absolute atomic E-state index is 11.6. The van der Waals surface area contributed by atoms with E-state index in [-0.39, 0.29) is 12.1 Å². The standard InChI is InChI=1S/C14H11N3O2/c18-13-8-4-5-9-17(13)10-12-15-16-14(19-12)11-6-2-1-3-7-11/h1-9H,10H2. The summed E-state index contributed by atoms with van der Waals surface area (Å²) < 4.78 is 7.06. The van der Waals surface area contributed by atoms with Crippen LogP contribution in [0.4, 0.5) is 0 Å². The van der Waals surface area contributed by atoms with Crippen molar-refractivity contribution in [3.63, 3.8) is 0 Å². The number of aromatic nitrogens is 3. The zero-order valence-electron chi connectivity index (χ0n) is 10.1. The van der Waals surface area contributed by atoms with E-state index in [2.05, 4.69) is 10.2 Å². The molecule has 0 radical (unpaired) electrons. The van der Waals surface area contributed by atoms with E-state index in [4.69, 9.17) is 4.42 Å². The second-order valence-electron chi connectivity index (χ2n) is 4.03. The third-order valence-electron chi connectivity index (χ3n) is 2.69. The Morgan fingerprint density at radius 1 is 1.00 bits per heavy atom. The van der Waals surface area contributed by atoms with Gasteiger partial charge in [-0.25, -0.2) is 0 Å². The predicted octanol–water partition coefficient (Wildman–Crippen LogP) is 1.95. The first-order valence-electron chi connectivity index (χ1n) is 5.86. The minimum absolute atomic E-state index is 0.0954. The third kappa shape index (κ3) is 2.44. The Hall–Kier alpha value is -2.69. The van der Waals surface area contributed by atoms with Crippen LogP contribution < -0.4 is 5.56 Å². The number of pyridine rings is 1. The van der Waals surface area contributed by atoms with E-state index in [1.165, 1.54) is 10.6 Å². The molecule has 0 N–H and O–H groups in total. The summed E-state index contributed by atoms with van der Waals surface area (Å²) in [5.41, 5.74) is 0.767. The molecule has 94 valence electrons. The molecule has 0 atom stereocenters. The Kier molecular flexibility index (Phi) is 2.94. The Bertz CT molecular complexity index is 731. The van der Waals surface area contributed by atoms with Gasteiger partial charge in [-0.15, -0.1) is 10.2 Å². The lowest BCUT2D eigenvalue weighted by Crippen LogP contribution is -2.18. The first-order valence-corrected chi connectivity index (χ1v) is 5.86. The number of hydrogen-bond acceptors (Lipinski definition) is 4. The third-order valence-corrected chi connectivity index (χ3v) is 2.69. The van der Waals surface area contributed by atoms with Crippen LogP contribution in [0.3, 0.4) is 0 Å². The van der Waals surface area contributed by atoms with Gasteiger partial charge in [0.15, 0.2) is 0 Å². The van der Waals surface area contributed by atoms with E-state index in [1.54, 1.807) is 18.3 Å². The van der Waals surface area contributed by atoms with Gasteiger partial charge in [0.25, 0.3) is 5.56 Å². The highest BCUT2D eigenvalue weighted by Gasteiger charge is 2.08. The summed E-state index contributed by atoms with van der Waals surface area (Å²) in [5.74, 6) is 0.867. The van der Waals surface area contributed by atoms with Gasteiger partial charge in [0.05, 0.1) is 0 Å². The minimum atomic E-state index is -0.0954. The molecule has 2 aromatic heterocycles. The van der Waals surface area contributed by atoms with Gasteiger partial charge in [0, 0.05) is 17.8 Å². The molecular formula is C14H11N3O2. The van der Waals surface area contributed by atoms with Gasteiger partial charge < -0.3 is 8.98 Å². The number of benzene rings is 1. The second kappa shape index (κ2) is 4.89. The van der Waals surface area contributed by atoms with E-state index < -0.39 is 0 Å². The molecule has 5 nitrogen and oxygen atoms in total. The Morgan fingerprint density at radius 3 is 2.58 bits per heavy atom. The van der Waals surface area contributed by atoms with Crippen molar-refractivity contribution in [1.29, 1.82) is 0 Å². The molecule has 3 rings (SSSR count). The van der Waals surface area contributed by atoms with Crippen LogP contribution in [-0.4, -0.2) is 14.8 Å². The van der Waals surface area contributed by atoms with Crippen molar-refractivity contribution in [2.24, 2.45) is 0 Å². The first-order chi connectivity index (χ1) is 9.33. The summed E-state index contributed by atoms with van der Waals surface area (Å²) in [6.45, 7) is 0.277.